The summed E-state index contributed by atoms with van der Waals surface area (Å²) in [6.45, 7) is 4.14. The number of nitrogens with two attached hydrogens (primary N) is 1. The molecule has 0 amide bonds. The molecule has 0 saturated carbocycles. The first kappa shape index (κ1) is 51.0. The van der Waals surface area contributed by atoms with Crippen molar-refractivity contribution in [1.29, 1.82) is 0 Å². The number of esters is 1. The molecular weight excluding hydrogens is 685 g/mol. The van der Waals surface area contributed by atoms with Gasteiger partial charge in [0.05, 0.1) is 19.5 Å². The molecule has 9 heteroatoms. The van der Waals surface area contributed by atoms with Gasteiger partial charge in [0.25, 0.3) is 0 Å². The van der Waals surface area contributed by atoms with Crippen LogP contribution in [-0.4, -0.2) is 43.3 Å². The number of unbranched alkanes of at least 4 members (excludes halogenated alkanes) is 19. The number of ether oxygens (including phenoxy) is 2. The van der Waals surface area contributed by atoms with Gasteiger partial charge in [-0.1, -0.05) is 172 Å². The van der Waals surface area contributed by atoms with Crippen molar-refractivity contribution >= 4 is 13.8 Å². The van der Waals surface area contributed by atoms with E-state index in [1.807, 2.05) is 18.2 Å². The van der Waals surface area contributed by atoms with E-state index in [4.69, 9.17) is 24.3 Å². The monoisotopic (exact) mass is 766 g/mol. The number of phosphoric ester groups is 1. The lowest BCUT2D eigenvalue weighted by Crippen LogP contribution is -2.27. The van der Waals surface area contributed by atoms with Crippen molar-refractivity contribution in [2.75, 3.05) is 26.4 Å². The number of carbonyl (C=O) groups excluding carboxylic acids is 1. The molecule has 53 heavy (non-hydrogen) atoms. The summed E-state index contributed by atoms with van der Waals surface area (Å²) in [4.78, 5) is 22.4. The van der Waals surface area contributed by atoms with Crippen LogP contribution in [0, 0.1) is 0 Å². The molecule has 2 atom stereocenters. The Morgan fingerprint density at radius 3 is 1.53 bits per heavy atom. The van der Waals surface area contributed by atoms with Crippen LogP contribution in [0.3, 0.4) is 0 Å². The molecule has 0 aliphatic heterocycles. The third-order valence-corrected chi connectivity index (χ3v) is 9.75. The minimum atomic E-state index is -4.31. The molecule has 0 aliphatic carbocycles. The second-order valence-electron chi connectivity index (χ2n) is 13.9. The molecule has 0 saturated heterocycles. The standard InChI is InChI=1S/C44H80NO7P/c1-3-5-7-9-11-13-15-17-19-21-23-25-27-29-31-33-35-37-44(46)52-43(42-51-53(47,48)50-40-38-45)41-49-39-36-34-32-30-28-26-24-22-20-18-16-14-12-10-8-6-4-2/h13,15,19,21,25,27,31,33,36,39,43H,3-12,14,16-18,20,22-24,26,28-30,32,34-35,37-38,40-42,45H2,1-2H3,(H,47,48)/b15-13-,21-19-,27-25-,33-31-,39-36+. The van der Waals surface area contributed by atoms with E-state index in [0.29, 0.717) is 6.42 Å². The van der Waals surface area contributed by atoms with Crippen molar-refractivity contribution in [2.24, 2.45) is 5.73 Å². The average molecular weight is 766 g/mol. The Hall–Kier alpha value is -1.96. The van der Waals surface area contributed by atoms with Crippen molar-refractivity contribution in [3.05, 3.63) is 60.9 Å². The Bertz CT molecular complexity index is 994. The van der Waals surface area contributed by atoms with E-state index in [2.05, 4.69) is 50.3 Å². The summed E-state index contributed by atoms with van der Waals surface area (Å²) in [6.07, 6.45) is 50.6. The Balaban J connectivity index is 4.21. The van der Waals surface area contributed by atoms with Gasteiger partial charge in [-0.25, -0.2) is 4.57 Å². The summed E-state index contributed by atoms with van der Waals surface area (Å²) < 4.78 is 33.1. The Kier molecular flexibility index (Phi) is 39.7. The van der Waals surface area contributed by atoms with Gasteiger partial charge in [0.1, 0.15) is 6.61 Å². The van der Waals surface area contributed by atoms with Crippen molar-refractivity contribution < 1.29 is 32.8 Å². The maximum Gasteiger partial charge on any atom is 0.472 e. The van der Waals surface area contributed by atoms with Crippen LogP contribution < -0.4 is 5.73 Å². The highest BCUT2D eigenvalue weighted by molar-refractivity contribution is 7.47. The summed E-state index contributed by atoms with van der Waals surface area (Å²) in [6, 6.07) is 0. The van der Waals surface area contributed by atoms with Crippen LogP contribution >= 0.6 is 7.82 Å². The highest BCUT2D eigenvalue weighted by Crippen LogP contribution is 2.43. The first-order valence-electron chi connectivity index (χ1n) is 21.3. The molecule has 0 aromatic heterocycles. The molecule has 308 valence electrons. The van der Waals surface area contributed by atoms with E-state index in [0.717, 1.165) is 32.1 Å². The molecule has 0 bridgehead atoms. The second-order valence-corrected chi connectivity index (χ2v) is 15.4. The summed E-state index contributed by atoms with van der Waals surface area (Å²) in [5, 5.41) is 0. The molecule has 0 radical (unpaired) electrons. The number of allylic oxidation sites excluding steroid dienone is 9. The van der Waals surface area contributed by atoms with E-state index < -0.39 is 19.9 Å². The lowest BCUT2D eigenvalue weighted by molar-refractivity contribution is -0.153. The Morgan fingerprint density at radius 1 is 0.585 bits per heavy atom. The molecule has 0 rings (SSSR count). The number of hydrogen-bond donors (Lipinski definition) is 2. The van der Waals surface area contributed by atoms with Crippen LogP contribution in [0.25, 0.3) is 0 Å². The third-order valence-electron chi connectivity index (χ3n) is 8.77. The molecule has 0 spiro atoms. The van der Waals surface area contributed by atoms with Gasteiger partial charge in [0, 0.05) is 13.0 Å². The van der Waals surface area contributed by atoms with Gasteiger partial charge in [-0.3, -0.25) is 13.8 Å². The SMILES string of the molecule is CCCCCC/C=C\C/C=C\C/C=C\C/C=C\CCC(=O)OC(CO/C=C/CCCCCCCCCCCCCCCCC)COP(=O)(O)OCCN. The molecule has 2 unspecified atom stereocenters. The maximum absolute atomic E-state index is 12.5. The van der Waals surface area contributed by atoms with Gasteiger partial charge in [-0.15, -0.1) is 0 Å². The molecule has 8 nitrogen and oxygen atoms in total. The Labute approximate surface area is 325 Å². The number of phosphoric acid groups is 1. The van der Waals surface area contributed by atoms with Gasteiger partial charge < -0.3 is 20.1 Å². The molecule has 0 aliphatic rings. The van der Waals surface area contributed by atoms with E-state index in [1.165, 1.54) is 122 Å². The van der Waals surface area contributed by atoms with Gasteiger partial charge in [0.15, 0.2) is 6.10 Å². The highest BCUT2D eigenvalue weighted by atomic mass is 31.2. The zero-order valence-corrected chi connectivity index (χ0v) is 34.9. The van der Waals surface area contributed by atoms with Crippen molar-refractivity contribution in [3.63, 3.8) is 0 Å². The normalized spacial score (nSPS) is 14.0. The molecule has 3 N–H and O–H groups in total. The van der Waals surface area contributed by atoms with Crippen LogP contribution in [0.5, 0.6) is 0 Å². The van der Waals surface area contributed by atoms with Crippen LogP contribution in [-0.2, 0) is 27.9 Å². The smallest absolute Gasteiger partial charge is 0.472 e. The predicted molar refractivity (Wildman–Crippen MR) is 224 cm³/mol. The lowest BCUT2D eigenvalue weighted by Gasteiger charge is -2.19. The Morgan fingerprint density at radius 2 is 1.02 bits per heavy atom. The fourth-order valence-electron chi connectivity index (χ4n) is 5.62. The first-order valence-corrected chi connectivity index (χ1v) is 22.8. The third kappa shape index (κ3) is 41.1. The van der Waals surface area contributed by atoms with Crippen molar-refractivity contribution in [2.45, 2.75) is 187 Å². The van der Waals surface area contributed by atoms with Gasteiger partial charge in [-0.2, -0.15) is 0 Å². The first-order chi connectivity index (χ1) is 25.9. The van der Waals surface area contributed by atoms with Crippen molar-refractivity contribution in [3.8, 4) is 0 Å². The summed E-state index contributed by atoms with van der Waals surface area (Å²) in [5.74, 6) is -0.431. The zero-order valence-electron chi connectivity index (χ0n) is 34.0. The predicted octanol–water partition coefficient (Wildman–Crippen LogP) is 12.9. The quantitative estimate of drug-likeness (QED) is 0.0208. The van der Waals surface area contributed by atoms with E-state index in [-0.39, 0.29) is 32.8 Å². The summed E-state index contributed by atoms with van der Waals surface area (Å²) in [5.41, 5.74) is 5.35. The fourth-order valence-corrected chi connectivity index (χ4v) is 6.38. The van der Waals surface area contributed by atoms with Gasteiger partial charge in [-0.05, 0) is 57.4 Å². The van der Waals surface area contributed by atoms with E-state index in [9.17, 15) is 14.3 Å². The van der Waals surface area contributed by atoms with Crippen LogP contribution in [0.15, 0.2) is 60.9 Å². The lowest BCUT2D eigenvalue weighted by atomic mass is 10.0. The van der Waals surface area contributed by atoms with Crippen LogP contribution in [0.2, 0.25) is 0 Å². The summed E-state index contributed by atoms with van der Waals surface area (Å²) in [7, 11) is -4.31. The topological polar surface area (TPSA) is 117 Å². The molecule has 0 heterocycles. The largest absolute Gasteiger partial charge is 0.498 e. The minimum absolute atomic E-state index is 0.00238. The molecule has 0 aromatic carbocycles. The van der Waals surface area contributed by atoms with Crippen LogP contribution in [0.4, 0.5) is 0 Å². The van der Waals surface area contributed by atoms with E-state index in [1.54, 1.807) is 6.26 Å². The maximum atomic E-state index is 12.5. The van der Waals surface area contributed by atoms with E-state index >= 15 is 0 Å². The highest BCUT2D eigenvalue weighted by Gasteiger charge is 2.25. The van der Waals surface area contributed by atoms with Crippen LogP contribution in [0.1, 0.15) is 181 Å². The molecule has 0 aromatic rings. The summed E-state index contributed by atoms with van der Waals surface area (Å²) >= 11 is 0. The second kappa shape index (κ2) is 41.2. The van der Waals surface area contributed by atoms with Crippen molar-refractivity contribution in [1.82, 2.24) is 0 Å². The molecular formula is C44H80NO7P. The number of hydrogen-bond acceptors (Lipinski definition) is 7. The van der Waals surface area contributed by atoms with Gasteiger partial charge in [0.2, 0.25) is 0 Å². The number of carbonyl (C=O) groups is 1. The minimum Gasteiger partial charge on any atom is -0.498 e. The van der Waals surface area contributed by atoms with Gasteiger partial charge >= 0.3 is 13.8 Å². The molecule has 0 fully saturated rings. The zero-order chi connectivity index (χ0) is 38.8. The number of rotatable bonds is 40. The fraction of sp³-hybridized carbons (Fsp3) is 0.750. The average Bonchev–Trinajstić information content (AvgIpc) is 3.15.